The fourth-order valence-electron chi connectivity index (χ4n) is 3.71. The number of methoxy groups -OCH3 is 1. The number of halogens is 1. The van der Waals surface area contributed by atoms with Gasteiger partial charge in [0.1, 0.15) is 10.8 Å². The van der Waals surface area contributed by atoms with Crippen molar-refractivity contribution in [2.24, 2.45) is 0 Å². The fourth-order valence-corrected chi connectivity index (χ4v) is 5.00. The lowest BCUT2D eigenvalue weighted by atomic mass is 9.95. The van der Waals surface area contributed by atoms with E-state index < -0.39 is 17.2 Å². The van der Waals surface area contributed by atoms with E-state index in [1.807, 2.05) is 0 Å². The molecule has 0 aliphatic heterocycles. The van der Waals surface area contributed by atoms with Crippen LogP contribution in [0.3, 0.4) is 0 Å². The number of hydrogen-bond donors (Lipinski definition) is 2. The predicted molar refractivity (Wildman–Crippen MR) is 123 cm³/mol. The van der Waals surface area contributed by atoms with Gasteiger partial charge >= 0.3 is 0 Å². The molecule has 1 aromatic carbocycles. The van der Waals surface area contributed by atoms with Crippen molar-refractivity contribution in [1.29, 1.82) is 0 Å². The van der Waals surface area contributed by atoms with E-state index in [0.717, 1.165) is 36.1 Å². The summed E-state index contributed by atoms with van der Waals surface area (Å²) < 4.78 is 19.6. The minimum absolute atomic E-state index is 0.286. The summed E-state index contributed by atoms with van der Waals surface area (Å²) in [4.78, 5) is 39.4. The van der Waals surface area contributed by atoms with E-state index in [1.54, 1.807) is 7.11 Å². The normalized spacial score (nSPS) is 12.8. The molecule has 4 rings (SSSR count). The summed E-state index contributed by atoms with van der Waals surface area (Å²) in [7, 11) is 1.55. The standard InChI is InChI=1S/C23H23FN4O4S/c1-32-13-11-25-21(30)19-16-4-2-3-5-18(16)33-23(19)26-22(31)20-17(29)10-12-28(27-20)15-8-6-14(24)7-9-15/h6-10,12H,2-5,11,13H2,1H3,(H,25,30)(H,26,31). The van der Waals surface area contributed by atoms with Gasteiger partial charge in [-0.2, -0.15) is 5.10 Å². The van der Waals surface area contributed by atoms with E-state index >= 15 is 0 Å². The largest absolute Gasteiger partial charge is 0.383 e. The first kappa shape index (κ1) is 22.8. The Balaban J connectivity index is 1.64. The molecule has 33 heavy (non-hydrogen) atoms. The summed E-state index contributed by atoms with van der Waals surface area (Å²) in [6.45, 7) is 0.715. The third-order valence-electron chi connectivity index (χ3n) is 5.33. The molecule has 8 nitrogen and oxygen atoms in total. The van der Waals surface area contributed by atoms with Gasteiger partial charge in [0.25, 0.3) is 11.8 Å². The average molecular weight is 471 g/mol. The van der Waals surface area contributed by atoms with Gasteiger partial charge in [-0.15, -0.1) is 11.3 Å². The van der Waals surface area contributed by atoms with Gasteiger partial charge in [-0.3, -0.25) is 14.4 Å². The zero-order valence-electron chi connectivity index (χ0n) is 18.0. The predicted octanol–water partition coefficient (Wildman–Crippen LogP) is 2.94. The third kappa shape index (κ3) is 5.01. The van der Waals surface area contributed by atoms with Crippen LogP contribution in [-0.2, 0) is 17.6 Å². The first-order chi connectivity index (χ1) is 16.0. The quantitative estimate of drug-likeness (QED) is 0.517. The number of amides is 2. The van der Waals surface area contributed by atoms with Gasteiger partial charge in [0.2, 0.25) is 5.43 Å². The molecule has 0 fully saturated rings. The molecule has 2 N–H and O–H groups in total. The Morgan fingerprint density at radius 1 is 1.15 bits per heavy atom. The Hall–Kier alpha value is -3.37. The first-order valence-electron chi connectivity index (χ1n) is 10.6. The molecule has 0 bridgehead atoms. The van der Waals surface area contributed by atoms with Crippen molar-refractivity contribution in [1.82, 2.24) is 15.1 Å². The molecule has 0 spiro atoms. The number of benzene rings is 1. The molecule has 2 aromatic heterocycles. The van der Waals surface area contributed by atoms with Crippen molar-refractivity contribution in [2.75, 3.05) is 25.6 Å². The maximum absolute atomic E-state index is 13.2. The highest BCUT2D eigenvalue weighted by molar-refractivity contribution is 7.17. The summed E-state index contributed by atoms with van der Waals surface area (Å²) in [5.74, 6) is -1.40. The molecule has 0 unspecified atom stereocenters. The highest BCUT2D eigenvalue weighted by atomic mass is 32.1. The van der Waals surface area contributed by atoms with Crippen molar-refractivity contribution in [3.63, 3.8) is 0 Å². The number of ether oxygens (including phenoxy) is 1. The zero-order chi connectivity index (χ0) is 23.4. The number of fused-ring (bicyclic) bond motifs is 1. The molecule has 0 saturated carbocycles. The summed E-state index contributed by atoms with van der Waals surface area (Å²) in [6, 6.07) is 6.73. The van der Waals surface area contributed by atoms with Gasteiger partial charge in [-0.25, -0.2) is 9.07 Å². The van der Waals surface area contributed by atoms with E-state index in [-0.39, 0.29) is 11.6 Å². The van der Waals surface area contributed by atoms with Crippen LogP contribution in [0.15, 0.2) is 41.3 Å². The van der Waals surface area contributed by atoms with E-state index in [9.17, 15) is 18.8 Å². The lowest BCUT2D eigenvalue weighted by molar-refractivity contribution is 0.0937. The van der Waals surface area contributed by atoms with Crippen LogP contribution < -0.4 is 16.1 Å². The number of thiophene rings is 1. The van der Waals surface area contributed by atoms with E-state index in [4.69, 9.17) is 4.74 Å². The maximum atomic E-state index is 13.2. The van der Waals surface area contributed by atoms with Crippen LogP contribution in [0.25, 0.3) is 5.69 Å². The van der Waals surface area contributed by atoms with Crippen molar-refractivity contribution in [3.05, 3.63) is 74.3 Å². The molecule has 1 aliphatic rings. The Kier molecular flexibility index (Phi) is 6.95. The van der Waals surface area contributed by atoms with E-state index in [0.29, 0.717) is 29.4 Å². The monoisotopic (exact) mass is 470 g/mol. The molecule has 0 saturated heterocycles. The van der Waals surface area contributed by atoms with Crippen molar-refractivity contribution in [3.8, 4) is 5.69 Å². The van der Waals surface area contributed by atoms with Gasteiger partial charge in [0.15, 0.2) is 5.69 Å². The molecule has 3 aromatic rings. The number of nitrogens with zero attached hydrogens (tertiary/aromatic N) is 2. The Bertz CT molecular complexity index is 1240. The van der Waals surface area contributed by atoms with Gasteiger partial charge in [0.05, 0.1) is 17.9 Å². The van der Waals surface area contributed by atoms with Gasteiger partial charge in [0, 0.05) is 30.8 Å². The molecular weight excluding hydrogens is 447 g/mol. The summed E-state index contributed by atoms with van der Waals surface area (Å²) >= 11 is 1.36. The SMILES string of the molecule is COCCNC(=O)c1c(NC(=O)c2nn(-c3ccc(F)cc3)ccc2=O)sc2c1CCCC2. The number of rotatable bonds is 7. The summed E-state index contributed by atoms with van der Waals surface area (Å²) in [5.41, 5.74) is 1.00. The Morgan fingerprint density at radius 3 is 2.67 bits per heavy atom. The van der Waals surface area contributed by atoms with Crippen LogP contribution in [0.1, 0.15) is 44.1 Å². The third-order valence-corrected chi connectivity index (χ3v) is 6.54. The van der Waals surface area contributed by atoms with Crippen LogP contribution in [0, 0.1) is 5.82 Å². The second-order valence-corrected chi connectivity index (χ2v) is 8.67. The van der Waals surface area contributed by atoms with Crippen LogP contribution in [-0.4, -0.2) is 41.9 Å². The molecule has 2 heterocycles. The molecule has 0 radical (unpaired) electrons. The molecule has 0 atom stereocenters. The summed E-state index contributed by atoms with van der Waals surface area (Å²) in [5, 5.41) is 10.1. The second kappa shape index (κ2) is 10.1. The summed E-state index contributed by atoms with van der Waals surface area (Å²) in [6.07, 6.45) is 5.00. The first-order valence-corrected chi connectivity index (χ1v) is 11.4. The molecule has 2 amide bonds. The van der Waals surface area contributed by atoms with Crippen molar-refractivity contribution in [2.45, 2.75) is 25.7 Å². The molecular formula is C23H23FN4O4S. The van der Waals surface area contributed by atoms with Gasteiger partial charge < -0.3 is 15.4 Å². The van der Waals surface area contributed by atoms with Gasteiger partial charge in [-0.05, 0) is 55.5 Å². The van der Waals surface area contributed by atoms with Crippen LogP contribution in [0.5, 0.6) is 0 Å². The number of carbonyl (C=O) groups is 2. The molecule has 172 valence electrons. The smallest absolute Gasteiger partial charge is 0.280 e. The lowest BCUT2D eigenvalue weighted by Gasteiger charge is -2.13. The van der Waals surface area contributed by atoms with E-state index in [2.05, 4.69) is 15.7 Å². The number of anilines is 1. The number of carbonyl (C=O) groups excluding carboxylic acids is 2. The van der Waals surface area contributed by atoms with Crippen molar-refractivity contribution < 1.29 is 18.7 Å². The maximum Gasteiger partial charge on any atom is 0.280 e. The highest BCUT2D eigenvalue weighted by Gasteiger charge is 2.27. The number of aryl methyl sites for hydroxylation is 1. The van der Waals surface area contributed by atoms with Crippen molar-refractivity contribution >= 4 is 28.2 Å². The number of aromatic nitrogens is 2. The number of hydrogen-bond acceptors (Lipinski definition) is 6. The number of nitrogens with one attached hydrogen (secondary N) is 2. The second-order valence-electron chi connectivity index (χ2n) is 7.57. The lowest BCUT2D eigenvalue weighted by Crippen LogP contribution is -2.29. The van der Waals surface area contributed by atoms with Crippen LogP contribution in [0.2, 0.25) is 0 Å². The zero-order valence-corrected chi connectivity index (χ0v) is 18.8. The Labute approximate surface area is 193 Å². The molecule has 1 aliphatic carbocycles. The minimum Gasteiger partial charge on any atom is -0.383 e. The highest BCUT2D eigenvalue weighted by Crippen LogP contribution is 2.38. The molecule has 10 heteroatoms. The van der Waals surface area contributed by atoms with E-state index in [1.165, 1.54) is 52.5 Å². The van der Waals surface area contributed by atoms with Gasteiger partial charge in [-0.1, -0.05) is 0 Å². The minimum atomic E-state index is -0.707. The van der Waals surface area contributed by atoms with Crippen LogP contribution >= 0.6 is 11.3 Å². The topological polar surface area (TPSA) is 102 Å². The Morgan fingerprint density at radius 2 is 1.91 bits per heavy atom. The van der Waals surface area contributed by atoms with Crippen LogP contribution in [0.4, 0.5) is 9.39 Å². The average Bonchev–Trinajstić information content (AvgIpc) is 3.18. The fraction of sp³-hybridized carbons (Fsp3) is 0.304.